The van der Waals surface area contributed by atoms with Crippen LogP contribution in [-0.2, 0) is 4.79 Å². The van der Waals surface area contributed by atoms with E-state index in [0.29, 0.717) is 5.13 Å². The molecule has 3 aromatic rings. The van der Waals surface area contributed by atoms with Crippen LogP contribution in [0.15, 0.2) is 36.4 Å². The number of ether oxygens (including phenoxy) is 1. The molecule has 0 saturated carbocycles. The molecular formula is C19H16F2N4O3S. The zero-order valence-corrected chi connectivity index (χ0v) is 16.0. The Morgan fingerprint density at radius 3 is 2.69 bits per heavy atom. The highest BCUT2D eigenvalue weighted by Gasteiger charge is 2.40. The van der Waals surface area contributed by atoms with Gasteiger partial charge in [0.1, 0.15) is 23.4 Å². The molecular weight excluding hydrogens is 402 g/mol. The molecule has 0 spiro atoms. The highest BCUT2D eigenvalue weighted by Crippen LogP contribution is 2.31. The van der Waals surface area contributed by atoms with Gasteiger partial charge in [-0.25, -0.2) is 18.6 Å². The molecule has 150 valence electrons. The summed E-state index contributed by atoms with van der Waals surface area (Å²) in [6.45, 7) is -0.00884. The number of thiazole rings is 1. The molecule has 0 bridgehead atoms. The third-order valence-corrected chi connectivity index (χ3v) is 5.59. The third kappa shape index (κ3) is 3.70. The van der Waals surface area contributed by atoms with E-state index in [-0.39, 0.29) is 17.9 Å². The van der Waals surface area contributed by atoms with Gasteiger partial charge in [-0.15, -0.1) is 0 Å². The van der Waals surface area contributed by atoms with Gasteiger partial charge in [0.15, 0.2) is 5.13 Å². The van der Waals surface area contributed by atoms with E-state index < -0.39 is 35.5 Å². The van der Waals surface area contributed by atoms with E-state index >= 15 is 0 Å². The summed E-state index contributed by atoms with van der Waals surface area (Å²) in [5, 5.41) is 7.94. The predicted molar refractivity (Wildman–Crippen MR) is 104 cm³/mol. The number of fused-ring (bicyclic) bond motifs is 1. The number of urea groups is 1. The Hall–Kier alpha value is -3.27. The zero-order valence-electron chi connectivity index (χ0n) is 15.2. The second-order valence-electron chi connectivity index (χ2n) is 6.42. The Balaban J connectivity index is 1.53. The van der Waals surface area contributed by atoms with Crippen LogP contribution in [0.2, 0.25) is 0 Å². The van der Waals surface area contributed by atoms with Gasteiger partial charge in [-0.2, -0.15) is 0 Å². The summed E-state index contributed by atoms with van der Waals surface area (Å²) in [6.07, 6.45) is 0. The number of methoxy groups -OCH3 is 1. The van der Waals surface area contributed by atoms with Crippen molar-refractivity contribution in [3.05, 3.63) is 53.6 Å². The Morgan fingerprint density at radius 2 is 2.00 bits per heavy atom. The Morgan fingerprint density at radius 1 is 1.28 bits per heavy atom. The lowest BCUT2D eigenvalue weighted by molar-refractivity contribution is -0.120. The number of carbonyl (C=O) groups excluding carboxylic acids is 2. The second kappa shape index (κ2) is 7.63. The maximum absolute atomic E-state index is 14.5. The molecule has 4 rings (SSSR count). The minimum Gasteiger partial charge on any atom is -0.497 e. The minimum atomic E-state index is -1.14. The average molecular weight is 418 g/mol. The molecule has 29 heavy (non-hydrogen) atoms. The number of rotatable bonds is 4. The summed E-state index contributed by atoms with van der Waals surface area (Å²) in [5.74, 6) is -3.10. The largest absolute Gasteiger partial charge is 0.497 e. The fourth-order valence-electron chi connectivity index (χ4n) is 3.29. The molecule has 7 nitrogen and oxygen atoms in total. The SMILES string of the molecule is COc1cc(F)c(C2CNC(=O)C2NC(=O)Nc2nc3ccccc3s2)c(F)c1. The van der Waals surface area contributed by atoms with Crippen molar-refractivity contribution in [2.45, 2.75) is 12.0 Å². The van der Waals surface area contributed by atoms with Crippen LogP contribution in [0.1, 0.15) is 11.5 Å². The molecule has 1 aliphatic rings. The van der Waals surface area contributed by atoms with Crippen LogP contribution < -0.4 is 20.7 Å². The number of hydrogen-bond acceptors (Lipinski definition) is 5. The lowest BCUT2D eigenvalue weighted by Gasteiger charge is -2.20. The first-order chi connectivity index (χ1) is 14.0. The molecule has 0 radical (unpaired) electrons. The normalized spacial score (nSPS) is 18.5. The van der Waals surface area contributed by atoms with E-state index in [2.05, 4.69) is 20.9 Å². The fraction of sp³-hybridized carbons (Fsp3) is 0.211. The maximum Gasteiger partial charge on any atom is 0.321 e. The van der Waals surface area contributed by atoms with Gasteiger partial charge in [-0.1, -0.05) is 23.5 Å². The number of carbonyl (C=O) groups is 2. The molecule has 2 unspecified atom stereocenters. The highest BCUT2D eigenvalue weighted by atomic mass is 32.1. The van der Waals surface area contributed by atoms with E-state index in [1.165, 1.54) is 18.4 Å². The lowest BCUT2D eigenvalue weighted by Crippen LogP contribution is -2.45. The summed E-state index contributed by atoms with van der Waals surface area (Å²) in [6, 6.07) is 7.62. The van der Waals surface area contributed by atoms with E-state index in [1.54, 1.807) is 0 Å². The fourth-order valence-corrected chi connectivity index (χ4v) is 4.15. The summed E-state index contributed by atoms with van der Waals surface area (Å²) in [5.41, 5.74) is 0.445. The summed E-state index contributed by atoms with van der Waals surface area (Å²) >= 11 is 1.27. The molecule has 0 aliphatic carbocycles. The highest BCUT2D eigenvalue weighted by molar-refractivity contribution is 7.22. The average Bonchev–Trinajstić information content (AvgIpc) is 3.25. The summed E-state index contributed by atoms with van der Waals surface area (Å²) < 4.78 is 34.7. The van der Waals surface area contributed by atoms with Crippen LogP contribution in [0.25, 0.3) is 10.2 Å². The summed E-state index contributed by atoms with van der Waals surface area (Å²) in [4.78, 5) is 28.9. The molecule has 1 fully saturated rings. The van der Waals surface area contributed by atoms with Crippen molar-refractivity contribution in [2.24, 2.45) is 0 Å². The molecule has 1 saturated heterocycles. The molecule has 2 heterocycles. The van der Waals surface area contributed by atoms with Gasteiger partial charge in [-0.05, 0) is 12.1 Å². The van der Waals surface area contributed by atoms with Crippen molar-refractivity contribution in [1.29, 1.82) is 0 Å². The van der Waals surface area contributed by atoms with Crippen molar-refractivity contribution < 1.29 is 23.1 Å². The number of hydrogen-bond donors (Lipinski definition) is 3. The Kier molecular flexibility index (Phi) is 5.01. The molecule has 10 heteroatoms. The van der Waals surface area contributed by atoms with Crippen LogP contribution >= 0.6 is 11.3 Å². The number of nitrogens with zero attached hydrogens (tertiary/aromatic N) is 1. The minimum absolute atomic E-state index is 0.00884. The quantitative estimate of drug-likeness (QED) is 0.607. The molecule has 2 atom stereocenters. The van der Waals surface area contributed by atoms with Crippen LogP contribution in [0.3, 0.4) is 0 Å². The van der Waals surface area contributed by atoms with E-state index in [0.717, 1.165) is 22.3 Å². The van der Waals surface area contributed by atoms with Crippen molar-refractivity contribution in [2.75, 3.05) is 19.0 Å². The number of amides is 3. The van der Waals surface area contributed by atoms with Crippen LogP contribution in [0.4, 0.5) is 18.7 Å². The molecule has 2 aromatic carbocycles. The van der Waals surface area contributed by atoms with E-state index in [9.17, 15) is 18.4 Å². The monoisotopic (exact) mass is 418 g/mol. The number of halogens is 2. The number of para-hydroxylation sites is 1. The standard InChI is InChI=1S/C19H16F2N4O3S/c1-28-9-6-11(20)15(12(21)7-9)10-8-22-17(26)16(10)24-18(27)25-19-23-13-4-2-3-5-14(13)29-19/h2-7,10,16H,8H2,1H3,(H,22,26)(H2,23,24,25,27). The first kappa shape index (κ1) is 19.1. The second-order valence-corrected chi connectivity index (χ2v) is 7.45. The smallest absolute Gasteiger partial charge is 0.321 e. The van der Waals surface area contributed by atoms with Crippen molar-refractivity contribution in [3.63, 3.8) is 0 Å². The van der Waals surface area contributed by atoms with Crippen LogP contribution in [-0.4, -0.2) is 36.6 Å². The number of benzene rings is 2. The van der Waals surface area contributed by atoms with Gasteiger partial charge in [0.2, 0.25) is 5.91 Å². The predicted octanol–water partition coefficient (Wildman–Crippen LogP) is 2.99. The molecule has 3 N–H and O–H groups in total. The van der Waals surface area contributed by atoms with Crippen molar-refractivity contribution in [1.82, 2.24) is 15.6 Å². The van der Waals surface area contributed by atoms with Gasteiger partial charge < -0.3 is 15.4 Å². The van der Waals surface area contributed by atoms with E-state index in [1.807, 2.05) is 24.3 Å². The summed E-state index contributed by atoms with van der Waals surface area (Å²) in [7, 11) is 1.30. The Bertz CT molecular complexity index is 1050. The zero-order chi connectivity index (χ0) is 20.5. The van der Waals surface area contributed by atoms with Gasteiger partial charge in [0, 0.05) is 30.2 Å². The van der Waals surface area contributed by atoms with Gasteiger partial charge >= 0.3 is 6.03 Å². The first-order valence-electron chi connectivity index (χ1n) is 8.70. The van der Waals surface area contributed by atoms with Gasteiger partial charge in [-0.3, -0.25) is 10.1 Å². The number of anilines is 1. The van der Waals surface area contributed by atoms with Crippen molar-refractivity contribution >= 4 is 38.6 Å². The topological polar surface area (TPSA) is 92.4 Å². The van der Waals surface area contributed by atoms with Crippen LogP contribution in [0.5, 0.6) is 5.75 Å². The molecule has 3 amide bonds. The molecule has 1 aromatic heterocycles. The number of nitrogens with one attached hydrogen (secondary N) is 3. The first-order valence-corrected chi connectivity index (χ1v) is 9.51. The van der Waals surface area contributed by atoms with Gasteiger partial charge in [0.05, 0.1) is 17.3 Å². The lowest BCUT2D eigenvalue weighted by atomic mass is 9.93. The number of aromatic nitrogens is 1. The van der Waals surface area contributed by atoms with Crippen LogP contribution in [0, 0.1) is 11.6 Å². The Labute approximate surface area is 168 Å². The maximum atomic E-state index is 14.5. The van der Waals surface area contributed by atoms with E-state index in [4.69, 9.17) is 4.74 Å². The van der Waals surface area contributed by atoms with Gasteiger partial charge in [0.25, 0.3) is 0 Å². The van der Waals surface area contributed by atoms with Crippen molar-refractivity contribution in [3.8, 4) is 5.75 Å². The third-order valence-electron chi connectivity index (χ3n) is 4.64. The molecule has 1 aliphatic heterocycles.